The molecule has 5 heteroatoms. The van der Waals surface area contributed by atoms with Crippen LogP contribution in [0.5, 0.6) is 0 Å². The van der Waals surface area contributed by atoms with Gasteiger partial charge in [0.2, 0.25) is 0 Å². The molecule has 0 radical (unpaired) electrons. The zero-order valence-electron chi connectivity index (χ0n) is 10.9. The van der Waals surface area contributed by atoms with Gasteiger partial charge >= 0.3 is 5.97 Å². The van der Waals surface area contributed by atoms with Gasteiger partial charge in [-0.2, -0.15) is 0 Å². The van der Waals surface area contributed by atoms with Crippen LogP contribution in [0.25, 0.3) is 0 Å². The van der Waals surface area contributed by atoms with Gasteiger partial charge in [0, 0.05) is 25.1 Å². The zero-order chi connectivity index (χ0) is 13.9. The first kappa shape index (κ1) is 12.6. The second-order valence-corrected chi connectivity index (χ2v) is 4.82. The molecule has 1 fully saturated rings. The van der Waals surface area contributed by atoms with Crippen molar-refractivity contribution >= 4 is 11.8 Å². The highest BCUT2D eigenvalue weighted by Gasteiger charge is 2.29. The smallest absolute Gasteiger partial charge is 0.339 e. The molecule has 0 aliphatic carbocycles. The van der Waals surface area contributed by atoms with Gasteiger partial charge in [-0.3, -0.25) is 4.98 Å². The molecule has 1 N–H and O–H groups in total. The van der Waals surface area contributed by atoms with Crippen molar-refractivity contribution in [3.8, 4) is 0 Å². The summed E-state index contributed by atoms with van der Waals surface area (Å²) in [6.07, 6.45) is 7.23. The molecule has 3 heterocycles. The third-order valence-electron chi connectivity index (χ3n) is 3.61. The summed E-state index contributed by atoms with van der Waals surface area (Å²) in [5, 5.41) is 9.30. The Morgan fingerprint density at radius 2 is 2.15 bits per heavy atom. The Balaban J connectivity index is 1.99. The molecular formula is C15H15N3O2. The van der Waals surface area contributed by atoms with E-state index >= 15 is 0 Å². The minimum Gasteiger partial charge on any atom is -0.478 e. The van der Waals surface area contributed by atoms with Crippen molar-refractivity contribution < 1.29 is 9.90 Å². The molecule has 0 aromatic carbocycles. The van der Waals surface area contributed by atoms with E-state index in [1.54, 1.807) is 24.5 Å². The third-order valence-corrected chi connectivity index (χ3v) is 3.61. The van der Waals surface area contributed by atoms with Crippen LogP contribution in [0.2, 0.25) is 0 Å². The van der Waals surface area contributed by atoms with Crippen LogP contribution in [0, 0.1) is 0 Å². The summed E-state index contributed by atoms with van der Waals surface area (Å²) in [7, 11) is 0. The van der Waals surface area contributed by atoms with Gasteiger partial charge in [0.1, 0.15) is 11.4 Å². The van der Waals surface area contributed by atoms with Crippen molar-refractivity contribution in [1.82, 2.24) is 9.97 Å². The highest BCUT2D eigenvalue weighted by molar-refractivity contribution is 5.93. The molecule has 102 valence electrons. The number of aromatic carboxylic acids is 1. The number of hydrogen-bond donors (Lipinski definition) is 1. The molecule has 0 bridgehead atoms. The average molecular weight is 269 g/mol. The van der Waals surface area contributed by atoms with E-state index in [1.165, 1.54) is 0 Å². The summed E-state index contributed by atoms with van der Waals surface area (Å²) >= 11 is 0. The lowest BCUT2D eigenvalue weighted by molar-refractivity contribution is 0.0697. The topological polar surface area (TPSA) is 66.3 Å². The molecule has 0 saturated carbocycles. The lowest BCUT2D eigenvalue weighted by atomic mass is 10.1. The molecule has 2 aromatic heterocycles. The summed E-state index contributed by atoms with van der Waals surface area (Å²) in [6, 6.07) is 7.34. The molecule has 1 saturated heterocycles. The van der Waals surface area contributed by atoms with Crippen molar-refractivity contribution in [3.63, 3.8) is 0 Å². The fourth-order valence-corrected chi connectivity index (χ4v) is 2.73. The Kier molecular flexibility index (Phi) is 3.33. The summed E-state index contributed by atoms with van der Waals surface area (Å²) in [6.45, 7) is 0.816. The van der Waals surface area contributed by atoms with E-state index in [0.717, 1.165) is 24.9 Å². The number of rotatable bonds is 3. The Hall–Kier alpha value is -2.43. The summed E-state index contributed by atoms with van der Waals surface area (Å²) in [4.78, 5) is 21.8. The number of carboxylic acids is 1. The SMILES string of the molecule is O=C(O)c1cccnc1N1CCC[C@H]1c1cccnc1. The van der Waals surface area contributed by atoms with Gasteiger partial charge in [-0.05, 0) is 36.6 Å². The summed E-state index contributed by atoms with van der Waals surface area (Å²) in [5.74, 6) is -0.392. The van der Waals surface area contributed by atoms with Gasteiger partial charge in [0.05, 0.1) is 6.04 Å². The number of hydrogen-bond acceptors (Lipinski definition) is 4. The van der Waals surface area contributed by atoms with Crippen LogP contribution >= 0.6 is 0 Å². The molecule has 0 spiro atoms. The van der Waals surface area contributed by atoms with E-state index in [1.807, 2.05) is 18.3 Å². The van der Waals surface area contributed by atoms with Crippen LogP contribution in [0.3, 0.4) is 0 Å². The predicted octanol–water partition coefficient (Wildman–Crippen LogP) is 2.52. The number of pyridine rings is 2. The molecule has 1 aliphatic rings. The van der Waals surface area contributed by atoms with Crippen molar-refractivity contribution in [3.05, 3.63) is 54.0 Å². The summed E-state index contributed by atoms with van der Waals surface area (Å²) in [5.41, 5.74) is 1.36. The minimum absolute atomic E-state index is 0.150. The Bertz CT molecular complexity index is 616. The van der Waals surface area contributed by atoms with E-state index in [4.69, 9.17) is 0 Å². The maximum atomic E-state index is 11.3. The van der Waals surface area contributed by atoms with Gasteiger partial charge in [0.25, 0.3) is 0 Å². The molecule has 0 unspecified atom stereocenters. The highest BCUT2D eigenvalue weighted by atomic mass is 16.4. The van der Waals surface area contributed by atoms with Crippen molar-refractivity contribution in [2.24, 2.45) is 0 Å². The molecule has 1 aliphatic heterocycles. The van der Waals surface area contributed by atoms with E-state index in [9.17, 15) is 9.90 Å². The maximum Gasteiger partial charge on any atom is 0.339 e. The molecule has 5 nitrogen and oxygen atoms in total. The highest BCUT2D eigenvalue weighted by Crippen LogP contribution is 2.36. The van der Waals surface area contributed by atoms with Gasteiger partial charge in [-0.25, -0.2) is 9.78 Å². The van der Waals surface area contributed by atoms with Crippen LogP contribution in [0.4, 0.5) is 5.82 Å². The van der Waals surface area contributed by atoms with Gasteiger partial charge in [-0.1, -0.05) is 6.07 Å². The van der Waals surface area contributed by atoms with E-state index in [0.29, 0.717) is 5.82 Å². The number of anilines is 1. The third kappa shape index (κ3) is 2.22. The van der Waals surface area contributed by atoms with Gasteiger partial charge < -0.3 is 10.0 Å². The Morgan fingerprint density at radius 1 is 1.30 bits per heavy atom. The van der Waals surface area contributed by atoms with E-state index < -0.39 is 5.97 Å². The van der Waals surface area contributed by atoms with Gasteiger partial charge in [0.15, 0.2) is 0 Å². The summed E-state index contributed by atoms with van der Waals surface area (Å²) < 4.78 is 0. The van der Waals surface area contributed by atoms with Crippen LogP contribution < -0.4 is 4.90 Å². The molecule has 3 rings (SSSR count). The van der Waals surface area contributed by atoms with Crippen LogP contribution in [-0.2, 0) is 0 Å². The van der Waals surface area contributed by atoms with Crippen molar-refractivity contribution in [2.75, 3.05) is 11.4 Å². The molecule has 2 aromatic rings. The van der Waals surface area contributed by atoms with E-state index in [2.05, 4.69) is 14.9 Å². The van der Waals surface area contributed by atoms with Crippen molar-refractivity contribution in [1.29, 1.82) is 0 Å². The number of aromatic nitrogens is 2. The standard InChI is InChI=1S/C15H15N3O2/c19-15(20)12-5-2-8-17-14(12)18-9-3-6-13(18)11-4-1-7-16-10-11/h1-2,4-5,7-8,10,13H,3,6,9H2,(H,19,20)/t13-/m0/s1. The largest absolute Gasteiger partial charge is 0.478 e. The number of nitrogens with zero attached hydrogens (tertiary/aromatic N) is 3. The van der Waals surface area contributed by atoms with Crippen molar-refractivity contribution in [2.45, 2.75) is 18.9 Å². The molecule has 20 heavy (non-hydrogen) atoms. The first-order chi connectivity index (χ1) is 9.77. The fourth-order valence-electron chi connectivity index (χ4n) is 2.73. The number of carbonyl (C=O) groups is 1. The maximum absolute atomic E-state index is 11.3. The number of carboxylic acid groups (broad SMARTS) is 1. The van der Waals surface area contributed by atoms with Crippen LogP contribution in [0.1, 0.15) is 34.8 Å². The zero-order valence-corrected chi connectivity index (χ0v) is 10.9. The quantitative estimate of drug-likeness (QED) is 0.927. The Labute approximate surface area is 116 Å². The molecule has 0 amide bonds. The minimum atomic E-state index is -0.940. The molecule has 1 atom stereocenters. The average Bonchev–Trinajstić information content (AvgIpc) is 2.97. The fraction of sp³-hybridized carbons (Fsp3) is 0.267. The normalized spacial score (nSPS) is 18.2. The lowest BCUT2D eigenvalue weighted by Crippen LogP contribution is -2.25. The van der Waals surface area contributed by atoms with Crippen LogP contribution in [-0.4, -0.2) is 27.6 Å². The lowest BCUT2D eigenvalue weighted by Gasteiger charge is -2.26. The van der Waals surface area contributed by atoms with Crippen LogP contribution in [0.15, 0.2) is 42.9 Å². The second-order valence-electron chi connectivity index (χ2n) is 4.82. The monoisotopic (exact) mass is 269 g/mol. The molecular weight excluding hydrogens is 254 g/mol. The Morgan fingerprint density at radius 3 is 2.90 bits per heavy atom. The first-order valence-electron chi connectivity index (χ1n) is 6.62. The van der Waals surface area contributed by atoms with Gasteiger partial charge in [-0.15, -0.1) is 0 Å². The predicted molar refractivity (Wildman–Crippen MR) is 74.8 cm³/mol. The van der Waals surface area contributed by atoms with E-state index in [-0.39, 0.29) is 11.6 Å². The second kappa shape index (κ2) is 5.28. The first-order valence-corrected chi connectivity index (χ1v) is 6.62.